The molecule has 0 radical (unpaired) electrons. The Morgan fingerprint density at radius 1 is 1.29 bits per heavy atom. The van der Waals surface area contributed by atoms with Gasteiger partial charge in [0.1, 0.15) is 0 Å². The Bertz CT molecular complexity index is 462. The zero-order valence-corrected chi connectivity index (χ0v) is 13.6. The van der Waals surface area contributed by atoms with Crippen LogP contribution in [0.5, 0.6) is 0 Å². The van der Waals surface area contributed by atoms with Gasteiger partial charge in [0, 0.05) is 22.9 Å². The van der Waals surface area contributed by atoms with E-state index in [4.69, 9.17) is 0 Å². The first-order valence-corrected chi connectivity index (χ1v) is 8.70. The average molecular weight is 385 g/mol. The van der Waals surface area contributed by atoms with Crippen LogP contribution < -0.4 is 0 Å². The SMILES string of the molecule is CCN(CCCBr)S(=O)(=O)c1ccccc1Br. The summed E-state index contributed by atoms with van der Waals surface area (Å²) in [6.07, 6.45) is 0.803. The third-order valence-corrected chi connectivity index (χ3v) is 5.90. The molecule has 0 aliphatic carbocycles. The maximum absolute atomic E-state index is 12.4. The van der Waals surface area contributed by atoms with E-state index in [2.05, 4.69) is 31.9 Å². The molecule has 0 aliphatic rings. The van der Waals surface area contributed by atoms with Crippen LogP contribution in [0.2, 0.25) is 0 Å². The van der Waals surface area contributed by atoms with Gasteiger partial charge in [-0.25, -0.2) is 8.42 Å². The van der Waals surface area contributed by atoms with Crippen molar-refractivity contribution < 1.29 is 8.42 Å². The number of hydrogen-bond acceptors (Lipinski definition) is 2. The molecule has 0 atom stereocenters. The van der Waals surface area contributed by atoms with Gasteiger partial charge in [-0.2, -0.15) is 4.31 Å². The van der Waals surface area contributed by atoms with E-state index < -0.39 is 10.0 Å². The van der Waals surface area contributed by atoms with Gasteiger partial charge in [0.05, 0.1) is 4.90 Å². The molecule has 0 unspecified atom stereocenters. The minimum atomic E-state index is -3.39. The van der Waals surface area contributed by atoms with Gasteiger partial charge >= 0.3 is 0 Å². The molecule has 0 N–H and O–H groups in total. The standard InChI is InChI=1S/C11H15Br2NO2S/c1-2-14(9-5-8-12)17(15,16)11-7-4-3-6-10(11)13/h3-4,6-7H,2,5,8-9H2,1H3. The molecule has 0 heterocycles. The van der Waals surface area contributed by atoms with Gasteiger partial charge in [0.15, 0.2) is 0 Å². The highest BCUT2D eigenvalue weighted by atomic mass is 79.9. The predicted octanol–water partition coefficient (Wildman–Crippen LogP) is 3.24. The molecule has 0 saturated carbocycles. The molecule has 1 rings (SSSR count). The van der Waals surface area contributed by atoms with Gasteiger partial charge in [0.25, 0.3) is 0 Å². The summed E-state index contributed by atoms with van der Waals surface area (Å²) in [6.45, 7) is 2.87. The van der Waals surface area contributed by atoms with Crippen molar-refractivity contribution in [3.63, 3.8) is 0 Å². The molecule has 0 saturated heterocycles. The highest BCUT2D eigenvalue weighted by Gasteiger charge is 2.24. The Labute approximate surface area is 120 Å². The van der Waals surface area contributed by atoms with E-state index in [1.165, 1.54) is 4.31 Å². The lowest BCUT2D eigenvalue weighted by Gasteiger charge is -2.20. The first kappa shape index (κ1) is 15.1. The molecule has 0 spiro atoms. The maximum Gasteiger partial charge on any atom is 0.244 e. The summed E-state index contributed by atoms with van der Waals surface area (Å²) in [7, 11) is -3.39. The summed E-state index contributed by atoms with van der Waals surface area (Å²) in [4.78, 5) is 0.330. The topological polar surface area (TPSA) is 37.4 Å². The van der Waals surface area contributed by atoms with Crippen LogP contribution >= 0.6 is 31.9 Å². The van der Waals surface area contributed by atoms with Crippen LogP contribution in [-0.2, 0) is 10.0 Å². The van der Waals surface area contributed by atoms with Crippen LogP contribution in [0.4, 0.5) is 0 Å². The van der Waals surface area contributed by atoms with Crippen molar-refractivity contribution in [1.29, 1.82) is 0 Å². The summed E-state index contributed by atoms with van der Waals surface area (Å²) in [6, 6.07) is 6.90. The third kappa shape index (κ3) is 3.77. The second-order valence-corrected chi connectivity index (χ2v) is 7.02. The Morgan fingerprint density at radius 3 is 2.47 bits per heavy atom. The van der Waals surface area contributed by atoms with Gasteiger partial charge in [-0.15, -0.1) is 0 Å². The van der Waals surface area contributed by atoms with Crippen LogP contribution in [-0.4, -0.2) is 31.1 Å². The van der Waals surface area contributed by atoms with Crippen LogP contribution in [0, 0.1) is 0 Å². The van der Waals surface area contributed by atoms with Gasteiger partial charge < -0.3 is 0 Å². The molecule has 0 fully saturated rings. The normalized spacial score (nSPS) is 12.0. The predicted molar refractivity (Wildman–Crippen MR) is 77.0 cm³/mol. The van der Waals surface area contributed by atoms with Gasteiger partial charge in [0.2, 0.25) is 10.0 Å². The Morgan fingerprint density at radius 2 is 1.94 bits per heavy atom. The summed E-state index contributed by atoms with van der Waals surface area (Å²) < 4.78 is 26.8. The fourth-order valence-electron chi connectivity index (χ4n) is 1.48. The molecule has 0 aliphatic heterocycles. The number of halogens is 2. The Kier molecular flexibility index (Phi) is 6.12. The average Bonchev–Trinajstić information content (AvgIpc) is 2.30. The molecule has 0 bridgehead atoms. The van der Waals surface area contributed by atoms with Crippen molar-refractivity contribution in [1.82, 2.24) is 4.31 Å². The lowest BCUT2D eigenvalue weighted by atomic mass is 10.4. The zero-order valence-electron chi connectivity index (χ0n) is 9.57. The highest BCUT2D eigenvalue weighted by Crippen LogP contribution is 2.24. The number of benzene rings is 1. The largest absolute Gasteiger partial charge is 0.244 e. The van der Waals surface area contributed by atoms with Crippen molar-refractivity contribution in [3.8, 4) is 0 Å². The summed E-state index contributed by atoms with van der Waals surface area (Å²) in [5.41, 5.74) is 0. The fourth-order valence-corrected chi connectivity index (χ4v) is 4.18. The molecular formula is C11H15Br2NO2S. The van der Waals surface area contributed by atoms with Gasteiger partial charge in [-0.05, 0) is 34.5 Å². The minimum absolute atomic E-state index is 0.330. The molecular weight excluding hydrogens is 370 g/mol. The monoisotopic (exact) mass is 383 g/mol. The van der Waals surface area contributed by atoms with Gasteiger partial charge in [-0.1, -0.05) is 35.0 Å². The number of alkyl halides is 1. The van der Waals surface area contributed by atoms with E-state index >= 15 is 0 Å². The highest BCUT2D eigenvalue weighted by molar-refractivity contribution is 9.10. The van der Waals surface area contributed by atoms with Crippen molar-refractivity contribution in [2.45, 2.75) is 18.2 Å². The van der Waals surface area contributed by atoms with Crippen LogP contribution in [0.1, 0.15) is 13.3 Å². The first-order valence-electron chi connectivity index (χ1n) is 5.34. The molecule has 6 heteroatoms. The third-order valence-electron chi connectivity index (χ3n) is 2.35. The molecule has 1 aromatic rings. The Hall–Kier alpha value is 0.0900. The van der Waals surface area contributed by atoms with Crippen LogP contribution in [0.15, 0.2) is 33.6 Å². The molecule has 0 amide bonds. The van der Waals surface area contributed by atoms with Crippen molar-refractivity contribution in [3.05, 3.63) is 28.7 Å². The van der Waals surface area contributed by atoms with Crippen molar-refractivity contribution in [2.75, 3.05) is 18.4 Å². The van der Waals surface area contributed by atoms with Gasteiger partial charge in [-0.3, -0.25) is 0 Å². The zero-order chi connectivity index (χ0) is 12.9. The molecule has 0 aromatic heterocycles. The molecule has 3 nitrogen and oxygen atoms in total. The molecule has 96 valence electrons. The quantitative estimate of drug-likeness (QED) is 0.706. The summed E-state index contributed by atoms with van der Waals surface area (Å²) in [5, 5.41) is 0.801. The minimum Gasteiger partial charge on any atom is -0.207 e. The second kappa shape index (κ2) is 6.87. The van der Waals surface area contributed by atoms with E-state index in [0.717, 1.165) is 11.8 Å². The number of nitrogens with zero attached hydrogens (tertiary/aromatic N) is 1. The first-order chi connectivity index (χ1) is 8.04. The van der Waals surface area contributed by atoms with E-state index in [-0.39, 0.29) is 0 Å². The number of hydrogen-bond donors (Lipinski definition) is 0. The van der Waals surface area contributed by atoms with E-state index in [0.29, 0.717) is 22.5 Å². The molecule has 1 aromatic carbocycles. The number of rotatable bonds is 6. The van der Waals surface area contributed by atoms with Crippen LogP contribution in [0.25, 0.3) is 0 Å². The Balaban J connectivity index is 3.05. The number of sulfonamides is 1. The summed E-state index contributed by atoms with van der Waals surface area (Å²) in [5.74, 6) is 0. The molecule has 17 heavy (non-hydrogen) atoms. The smallest absolute Gasteiger partial charge is 0.207 e. The maximum atomic E-state index is 12.4. The fraction of sp³-hybridized carbons (Fsp3) is 0.455. The lowest BCUT2D eigenvalue weighted by Crippen LogP contribution is -2.32. The van der Waals surface area contributed by atoms with E-state index in [1.807, 2.05) is 6.92 Å². The second-order valence-electron chi connectivity index (χ2n) is 3.47. The summed E-state index contributed by atoms with van der Waals surface area (Å²) >= 11 is 6.60. The van der Waals surface area contributed by atoms with E-state index in [1.54, 1.807) is 24.3 Å². The lowest BCUT2D eigenvalue weighted by molar-refractivity contribution is 0.428. The van der Waals surface area contributed by atoms with Crippen molar-refractivity contribution >= 4 is 41.9 Å². The van der Waals surface area contributed by atoms with Crippen molar-refractivity contribution in [2.24, 2.45) is 0 Å². The van der Waals surface area contributed by atoms with E-state index in [9.17, 15) is 8.42 Å². The van der Waals surface area contributed by atoms with Crippen LogP contribution in [0.3, 0.4) is 0 Å².